The minimum atomic E-state index is -4.43. The normalized spacial score (nSPS) is 13.2. The fourth-order valence-electron chi connectivity index (χ4n) is 5.87. The van der Waals surface area contributed by atoms with Crippen molar-refractivity contribution in [1.29, 1.82) is 0 Å². The summed E-state index contributed by atoms with van der Waals surface area (Å²) in [5, 5.41) is 1.31. The summed E-state index contributed by atoms with van der Waals surface area (Å²) in [5.41, 5.74) is 5.66. The van der Waals surface area contributed by atoms with Gasteiger partial charge in [0.05, 0.1) is 5.56 Å². The van der Waals surface area contributed by atoms with E-state index in [9.17, 15) is 13.2 Å². The van der Waals surface area contributed by atoms with Crippen LogP contribution in [0.1, 0.15) is 36.4 Å². The molecular weight excluding hydrogens is 874 g/mol. The number of hydrogen-bond acceptors (Lipinski definition) is 3. The number of fused-ring (bicyclic) bond motifs is 3. The van der Waals surface area contributed by atoms with Crippen LogP contribution in [0.3, 0.4) is 0 Å². The van der Waals surface area contributed by atoms with Crippen molar-refractivity contribution in [3.05, 3.63) is 150 Å². The van der Waals surface area contributed by atoms with Crippen LogP contribution in [-0.4, -0.2) is 23.2 Å². The van der Waals surface area contributed by atoms with Crippen molar-refractivity contribution in [3.8, 4) is 22.5 Å². The first-order valence-electron chi connectivity index (χ1n) is 16.1. The predicted octanol–water partition coefficient (Wildman–Crippen LogP) is 11.5. The summed E-state index contributed by atoms with van der Waals surface area (Å²) in [6.07, 6.45) is -0.710. The molecule has 0 saturated heterocycles. The largest absolute Gasteiger partial charge is 0.417 e. The van der Waals surface area contributed by atoms with Crippen LogP contribution in [0.15, 0.2) is 116 Å². The summed E-state index contributed by atoms with van der Waals surface area (Å²) in [6.45, 7) is 4.01. The third-order valence-corrected chi connectivity index (χ3v) is 14.1. The van der Waals surface area contributed by atoms with E-state index in [-0.39, 0.29) is 24.8 Å². The second kappa shape index (κ2) is 15.1. The zero-order valence-corrected chi connectivity index (χ0v) is 33.0. The van der Waals surface area contributed by atoms with Crippen molar-refractivity contribution in [2.45, 2.75) is 43.2 Å². The van der Waals surface area contributed by atoms with Gasteiger partial charge in [-0.3, -0.25) is 0 Å². The number of aromatic nitrogens is 2. The minimum Gasteiger partial charge on any atom is -0.305 e. The number of nitrogens with zero attached hydrogens (tertiary/aromatic N) is 2. The van der Waals surface area contributed by atoms with Crippen molar-refractivity contribution in [2.24, 2.45) is 0 Å². The van der Waals surface area contributed by atoms with E-state index in [1.807, 2.05) is 61.5 Å². The van der Waals surface area contributed by atoms with E-state index in [0.29, 0.717) is 21.3 Å². The van der Waals surface area contributed by atoms with Crippen LogP contribution >= 0.6 is 11.3 Å². The van der Waals surface area contributed by atoms with Crippen LogP contribution in [0, 0.1) is 19.1 Å². The number of aryl methyl sites for hydroxylation is 1. The molecule has 0 spiro atoms. The molecule has 1 atom stereocenters. The van der Waals surface area contributed by atoms with Gasteiger partial charge in [0.25, 0.3) is 0 Å². The van der Waals surface area contributed by atoms with Crippen molar-refractivity contribution in [1.82, 2.24) is 9.97 Å². The molecule has 49 heavy (non-hydrogen) atoms. The fraction of sp³-hybridized carbons (Fsp3) is 0.171. The molecule has 3 heterocycles. The Morgan fingerprint density at radius 1 is 0.776 bits per heavy atom. The Kier molecular flexibility index (Phi) is 10.9. The molecule has 251 valence electrons. The Morgan fingerprint density at radius 3 is 2.18 bits per heavy atom. The van der Waals surface area contributed by atoms with Gasteiger partial charge in [-0.25, -0.2) is 0 Å². The number of thiophene rings is 1. The maximum absolute atomic E-state index is 13.6. The van der Waals surface area contributed by atoms with Crippen molar-refractivity contribution in [3.63, 3.8) is 0 Å². The molecule has 0 aliphatic heterocycles. The molecule has 7 rings (SSSR count). The number of rotatable bonds is 5. The molecule has 1 radical (unpaired) electrons. The van der Waals surface area contributed by atoms with E-state index in [4.69, 9.17) is 1.37 Å². The Balaban J connectivity index is 0.000000229. The summed E-state index contributed by atoms with van der Waals surface area (Å²) in [7, 11) is 0. The zero-order valence-electron chi connectivity index (χ0n) is 28.7. The van der Waals surface area contributed by atoms with Gasteiger partial charge in [0.1, 0.15) is 0 Å². The fourth-order valence-corrected chi connectivity index (χ4v) is 10.8. The number of halogens is 3. The second-order valence-corrected chi connectivity index (χ2v) is 24.3. The van der Waals surface area contributed by atoms with Gasteiger partial charge in [-0.1, -0.05) is 60.8 Å². The molecule has 3 aromatic heterocycles. The molecule has 0 aliphatic carbocycles. The quantitative estimate of drug-likeness (QED) is 0.127. The molecule has 7 aromatic rings. The predicted molar refractivity (Wildman–Crippen MR) is 197 cm³/mol. The number of alkyl halides is 3. The van der Waals surface area contributed by atoms with E-state index in [1.165, 1.54) is 16.0 Å². The van der Waals surface area contributed by atoms with Crippen LogP contribution in [0.2, 0.25) is 17.3 Å². The summed E-state index contributed by atoms with van der Waals surface area (Å²) in [5.74, 6) is 6.20. The topological polar surface area (TPSA) is 25.8 Å². The van der Waals surface area contributed by atoms with E-state index < -0.39 is 30.9 Å². The van der Waals surface area contributed by atoms with Crippen LogP contribution in [0.5, 0.6) is 0 Å². The molecule has 4 aromatic carbocycles. The Hall–Kier alpha value is -3.62. The SMILES string of the molecule is Cc1cc(-c2[c-]cccc2)nc[c]1[Ge]([CH3])([CH3])[CH3].[2H]C(C)(c1ccccc1)c1ccnc(-c2[c-]ccc3c2sc2c(C(F)(F)F)cccc23)c1.[Ir]. The van der Waals surface area contributed by atoms with Gasteiger partial charge in [0.15, 0.2) is 0 Å². The molecule has 0 bridgehead atoms. The van der Waals surface area contributed by atoms with E-state index in [0.717, 1.165) is 45.2 Å². The van der Waals surface area contributed by atoms with Gasteiger partial charge in [-0.15, -0.1) is 23.8 Å². The van der Waals surface area contributed by atoms with E-state index >= 15 is 0 Å². The number of benzene rings is 4. The molecule has 0 fully saturated rings. The van der Waals surface area contributed by atoms with Gasteiger partial charge in [-0.05, 0) is 39.0 Å². The smallest absolute Gasteiger partial charge is 0.305 e. The van der Waals surface area contributed by atoms with Crippen LogP contribution in [0.25, 0.3) is 42.7 Å². The maximum atomic E-state index is 13.6. The molecule has 0 saturated carbocycles. The van der Waals surface area contributed by atoms with E-state index in [1.54, 1.807) is 30.5 Å². The average Bonchev–Trinajstić information content (AvgIpc) is 3.47. The first-order valence-corrected chi connectivity index (χ1v) is 23.8. The van der Waals surface area contributed by atoms with Gasteiger partial charge in [0, 0.05) is 38.3 Å². The van der Waals surface area contributed by atoms with Crippen molar-refractivity contribution in [2.75, 3.05) is 0 Å². The third-order valence-electron chi connectivity index (χ3n) is 8.32. The van der Waals surface area contributed by atoms with E-state index in [2.05, 4.69) is 64.6 Å². The minimum absolute atomic E-state index is 0. The Morgan fingerprint density at radius 2 is 1.51 bits per heavy atom. The molecule has 2 nitrogen and oxygen atoms in total. The van der Waals surface area contributed by atoms with Crippen LogP contribution < -0.4 is 4.40 Å². The molecule has 0 amide bonds. The maximum Gasteiger partial charge on any atom is 0.417 e. The Labute approximate surface area is 307 Å². The summed E-state index contributed by atoms with van der Waals surface area (Å²) in [6, 6.07) is 37.5. The Bertz CT molecular complexity index is 2250. The first-order chi connectivity index (χ1) is 23.2. The van der Waals surface area contributed by atoms with Gasteiger partial charge >= 0.3 is 112 Å². The van der Waals surface area contributed by atoms with Crippen LogP contribution in [0.4, 0.5) is 13.2 Å². The van der Waals surface area contributed by atoms with Crippen LogP contribution in [-0.2, 0) is 26.3 Å². The molecule has 0 aliphatic rings. The van der Waals surface area contributed by atoms with Gasteiger partial charge in [-0.2, -0.15) is 24.5 Å². The summed E-state index contributed by atoms with van der Waals surface area (Å²) >= 11 is -0.664. The van der Waals surface area contributed by atoms with Gasteiger partial charge in [0.2, 0.25) is 0 Å². The summed E-state index contributed by atoms with van der Waals surface area (Å²) < 4.78 is 52.1. The third kappa shape index (κ3) is 8.07. The molecule has 1 unspecified atom stereocenters. The van der Waals surface area contributed by atoms with Crippen molar-refractivity contribution >= 4 is 49.2 Å². The number of hydrogen-bond donors (Lipinski definition) is 0. The molecule has 8 heteroatoms. The van der Waals surface area contributed by atoms with Crippen molar-refractivity contribution < 1.29 is 34.6 Å². The standard InChI is InChI=1S/C26H17F3NS.C15H18GeN.Ir/c1-16(17-7-3-2-4-8-17)18-13-14-30-23(15-18)21-11-5-9-19-20-10-6-12-22(26(27,28)29)25(20)31-24(19)21;1-12-10-15(13-8-6-5-7-9-13)17-11-14(12)16(2,3)4;/h2-10,12-16H,1H3;5-8,10-11H,1-4H3;/q2*-1;/i16D;;. The average molecular weight is 911 g/mol. The van der Waals surface area contributed by atoms with Gasteiger partial charge < -0.3 is 4.98 Å². The number of pyridine rings is 2. The molecule has 0 N–H and O–H groups in total. The summed E-state index contributed by atoms with van der Waals surface area (Å²) in [4.78, 5) is 9.07. The first kappa shape index (κ1) is 35.2. The zero-order chi connectivity index (χ0) is 35.0. The second-order valence-electron chi connectivity index (χ2n) is 12.7. The molecular formula is C41H35F3GeIrN2S-2. The monoisotopic (exact) mass is 912 g/mol.